The maximum atomic E-state index is 8.07. The van der Waals surface area contributed by atoms with Crippen LogP contribution in [-0.4, -0.2) is 0 Å². The molecule has 0 unspecified atom stereocenters. The van der Waals surface area contributed by atoms with Gasteiger partial charge in [0.25, 0.3) is 0 Å². The molecule has 0 aliphatic rings. The minimum atomic E-state index is -1.37. The monoisotopic (exact) mass is 1010 g/mol. The number of rotatable bonds is 10. The first-order valence-electron chi connectivity index (χ1n) is 21.4. The Labute approximate surface area is 401 Å². The van der Waals surface area contributed by atoms with E-state index >= 15 is 0 Å². The van der Waals surface area contributed by atoms with E-state index in [9.17, 15) is 0 Å². The molecule has 10 aromatic carbocycles. The fourth-order valence-corrected chi connectivity index (χ4v) is 14.1. The number of nitrogens with one attached hydrogen (secondary N) is 2. The van der Waals surface area contributed by atoms with Crippen LogP contribution in [0.25, 0.3) is 44.1 Å². The van der Waals surface area contributed by atoms with Crippen molar-refractivity contribution in [2.45, 2.75) is 12.1 Å². The van der Waals surface area contributed by atoms with Gasteiger partial charge in [0.05, 0.1) is 15.8 Å². The largest absolute Gasteiger partial charge is 0.672 e. The van der Waals surface area contributed by atoms with Gasteiger partial charge in [0.1, 0.15) is 31.8 Å². The third kappa shape index (κ3) is 11.0. The van der Waals surface area contributed by atoms with E-state index in [-0.39, 0.29) is 15.1 Å². The molecule has 0 aliphatic carbocycles. The van der Waals surface area contributed by atoms with Crippen LogP contribution in [0.15, 0.2) is 255 Å². The molecule has 65 heavy (non-hydrogen) atoms. The summed E-state index contributed by atoms with van der Waals surface area (Å²) >= 11 is -0.346. The normalized spacial score (nSPS) is 11.9. The molecule has 0 heterocycles. The molecule has 0 aromatic heterocycles. The van der Waals surface area contributed by atoms with Gasteiger partial charge in [-0.3, -0.25) is 0 Å². The van der Waals surface area contributed by atoms with E-state index in [2.05, 4.69) is 194 Å². The molecule has 0 spiro atoms. The first-order chi connectivity index (χ1) is 32.1. The summed E-state index contributed by atoms with van der Waals surface area (Å²) in [7, 11) is 6.97. The maximum Gasteiger partial charge on any atom is 0.111 e. The molecular weight excluding hydrogens is 959 g/mol. The Bertz CT molecular complexity index is 2740. The summed E-state index contributed by atoms with van der Waals surface area (Å²) in [6.45, 7) is 0. The standard InChI is InChI=1S/C44H32P2.C14H14N2.2ClH.Ru/c1-5-19-35(20-6-1)45(36-21-7-2-8-22-36)41-31-29-33-17-13-15-27-39(33)43(41)44-40-28-16-14-18-34(40)30-32-42(44)46(37-23-9-3-10-24-37)38-25-11-4-12-26-38;15-13(11-7-3-1-4-8-11)14(16)12-9-5-2-6-10-12;;;/h1-32H;1-10,13-16H;2*1H;/q;-2;;;+4/t;13-,14-;;;/m.0.../s1. The van der Waals surface area contributed by atoms with Crippen molar-refractivity contribution in [2.24, 2.45) is 0 Å². The summed E-state index contributed by atoms with van der Waals surface area (Å²) in [5, 5.41) is 13.6. The third-order valence-electron chi connectivity index (χ3n) is 11.5. The van der Waals surface area contributed by atoms with Gasteiger partial charge in [0, 0.05) is 11.1 Å². The van der Waals surface area contributed by atoms with E-state index in [0.717, 1.165) is 11.1 Å². The number of hydrogen-bond donors (Lipinski definition) is 0. The molecule has 320 valence electrons. The predicted molar refractivity (Wildman–Crippen MR) is 286 cm³/mol. The smallest absolute Gasteiger partial charge is 0.111 e. The van der Waals surface area contributed by atoms with Crippen molar-refractivity contribution in [3.05, 3.63) is 277 Å². The first kappa shape index (κ1) is 46.2. The van der Waals surface area contributed by atoms with Crippen LogP contribution in [-0.2, 0) is 15.1 Å². The van der Waals surface area contributed by atoms with E-state index in [1.807, 2.05) is 60.7 Å². The van der Waals surface area contributed by atoms with Crippen molar-refractivity contribution in [2.75, 3.05) is 0 Å². The van der Waals surface area contributed by atoms with Crippen molar-refractivity contribution in [1.29, 1.82) is 0 Å². The average Bonchev–Trinajstić information content (AvgIpc) is 3.38. The fraction of sp³-hybridized carbons (Fsp3) is 0.0345. The minimum absolute atomic E-state index is 0.346. The van der Waals surface area contributed by atoms with Gasteiger partial charge in [0.15, 0.2) is 0 Å². The molecule has 7 heteroatoms. The predicted octanol–water partition coefficient (Wildman–Crippen LogP) is 14.6. The zero-order chi connectivity index (χ0) is 44.8. The second-order valence-electron chi connectivity index (χ2n) is 15.5. The molecule has 2 atom stereocenters. The van der Waals surface area contributed by atoms with Gasteiger partial charge in [-0.25, -0.2) is 0 Å². The SMILES string of the molecule is [Cl][Ru+2][Cl].[NH-][C@@H](c1ccccc1)[C@@H]([NH-])c1ccccc1.c1ccc([PH+](c2ccccc2)c2ccc3ccccc3c2-c2c([PH+](c3ccccc3)c3ccccc3)ccc3ccccc23)cc1. The van der Waals surface area contributed by atoms with E-state index in [1.54, 1.807) is 0 Å². The molecule has 10 aromatic rings. The number of hydrogen-bond acceptors (Lipinski definition) is 0. The molecule has 0 bridgehead atoms. The molecule has 10 rings (SSSR count). The van der Waals surface area contributed by atoms with Crippen molar-refractivity contribution in [3.8, 4) is 11.1 Å². The molecule has 2 nitrogen and oxygen atoms in total. The van der Waals surface area contributed by atoms with E-state index in [1.165, 1.54) is 64.5 Å². The van der Waals surface area contributed by atoms with Gasteiger partial charge < -0.3 is 11.5 Å². The van der Waals surface area contributed by atoms with Crippen LogP contribution in [0, 0.1) is 0 Å². The Morgan fingerprint density at radius 2 is 0.554 bits per heavy atom. The van der Waals surface area contributed by atoms with E-state index in [4.69, 9.17) is 30.8 Å². The third-order valence-corrected chi connectivity index (χ3v) is 17.1. The molecule has 0 radical (unpaired) electrons. The first-order valence-corrected chi connectivity index (χ1v) is 28.9. The van der Waals surface area contributed by atoms with Crippen LogP contribution in [0.5, 0.6) is 0 Å². The van der Waals surface area contributed by atoms with Gasteiger partial charge in [-0.1, -0.05) is 205 Å². The van der Waals surface area contributed by atoms with Crippen LogP contribution in [0.4, 0.5) is 0 Å². The summed E-state index contributed by atoms with van der Waals surface area (Å²) in [5.41, 5.74) is 20.7. The molecule has 0 fully saturated rings. The Hall–Kier alpha value is -5.30. The summed E-state index contributed by atoms with van der Waals surface area (Å²) in [6.07, 6.45) is 0. The zero-order valence-corrected chi connectivity index (χ0v) is 40.8. The van der Waals surface area contributed by atoms with Gasteiger partial charge in [-0.15, -0.1) is 12.1 Å². The van der Waals surface area contributed by atoms with Crippen LogP contribution < -0.4 is 31.8 Å². The maximum absolute atomic E-state index is 8.07. The van der Waals surface area contributed by atoms with Gasteiger partial charge in [0.2, 0.25) is 0 Å². The Morgan fingerprint density at radius 1 is 0.308 bits per heavy atom. The van der Waals surface area contributed by atoms with Crippen LogP contribution in [0.2, 0.25) is 0 Å². The van der Waals surface area contributed by atoms with Crippen molar-refractivity contribution in [1.82, 2.24) is 0 Å². The van der Waals surface area contributed by atoms with Crippen molar-refractivity contribution < 1.29 is 15.1 Å². The van der Waals surface area contributed by atoms with Gasteiger partial charge in [-0.2, -0.15) is 0 Å². The Kier molecular flexibility index (Phi) is 16.5. The topological polar surface area (TPSA) is 47.6 Å². The summed E-state index contributed by atoms with van der Waals surface area (Å²) < 4.78 is 0. The molecular formula is C58H48Cl2N2P2Ru+2. The van der Waals surface area contributed by atoms with Crippen molar-refractivity contribution >= 4 is 88.6 Å². The average molecular weight is 1010 g/mol. The zero-order valence-electron chi connectivity index (χ0n) is 35.5. The summed E-state index contributed by atoms with van der Waals surface area (Å²) in [6, 6.07) is 90.3. The van der Waals surface area contributed by atoms with Crippen LogP contribution in [0.3, 0.4) is 0 Å². The molecule has 2 N–H and O–H groups in total. The molecule has 0 aliphatic heterocycles. The molecule has 0 saturated heterocycles. The summed E-state index contributed by atoms with van der Waals surface area (Å²) in [5.74, 6) is 0. The van der Waals surface area contributed by atoms with E-state index < -0.39 is 27.9 Å². The van der Waals surface area contributed by atoms with Crippen molar-refractivity contribution in [3.63, 3.8) is 0 Å². The fourth-order valence-electron chi connectivity index (χ4n) is 8.58. The van der Waals surface area contributed by atoms with Crippen LogP contribution >= 0.6 is 35.2 Å². The van der Waals surface area contributed by atoms with Crippen LogP contribution in [0.1, 0.15) is 23.2 Å². The van der Waals surface area contributed by atoms with Gasteiger partial charge >= 0.3 is 34.5 Å². The van der Waals surface area contributed by atoms with Gasteiger partial charge in [-0.05, 0) is 82.2 Å². The van der Waals surface area contributed by atoms with E-state index in [0.29, 0.717) is 0 Å². The Morgan fingerprint density at radius 3 is 0.846 bits per heavy atom. The number of halogens is 2. The molecule has 0 saturated carbocycles. The number of fused-ring (bicyclic) bond motifs is 2. The Balaban J connectivity index is 0.000000253. The molecule has 0 amide bonds. The second-order valence-corrected chi connectivity index (χ2v) is 23.0. The minimum Gasteiger partial charge on any atom is -0.672 e. The second kappa shape index (κ2) is 23.2. The quantitative estimate of drug-likeness (QED) is 0.0968. The number of benzene rings is 10. The summed E-state index contributed by atoms with van der Waals surface area (Å²) in [4.78, 5) is 0.